The number of nitrogens with zero attached hydrogens (tertiary/aromatic N) is 2. The Kier molecular flexibility index (Phi) is 4.29. The third kappa shape index (κ3) is 2.92. The van der Waals surface area contributed by atoms with E-state index in [9.17, 15) is 19.1 Å². The maximum absolute atomic E-state index is 13.7. The lowest BCUT2D eigenvalue weighted by molar-refractivity contribution is -0.132. The van der Waals surface area contributed by atoms with Crippen molar-refractivity contribution in [3.05, 3.63) is 88.1 Å². The molecular weight excluding hydrogens is 367 g/mol. The van der Waals surface area contributed by atoms with Gasteiger partial charge in [0.25, 0.3) is 11.7 Å². The number of halogens is 1. The third-order valence-electron chi connectivity index (χ3n) is 4.30. The molecule has 0 saturated carbocycles. The number of hydrogen-bond acceptors (Lipinski definition) is 5. The number of ketones is 1. The zero-order valence-corrected chi connectivity index (χ0v) is 14.7. The van der Waals surface area contributed by atoms with E-state index in [2.05, 4.69) is 4.98 Å². The Morgan fingerprint density at radius 2 is 1.89 bits per heavy atom. The number of amides is 1. The van der Waals surface area contributed by atoms with Crippen LogP contribution in [0.25, 0.3) is 5.76 Å². The smallest absolute Gasteiger partial charge is 0.300 e. The summed E-state index contributed by atoms with van der Waals surface area (Å²) in [7, 11) is 0. The molecule has 0 spiro atoms. The van der Waals surface area contributed by atoms with Crippen LogP contribution in [0.5, 0.6) is 0 Å². The number of rotatable bonds is 3. The molecule has 4 rings (SSSR count). The molecule has 1 aliphatic heterocycles. The minimum Gasteiger partial charge on any atom is -0.507 e. The summed E-state index contributed by atoms with van der Waals surface area (Å²) in [5.41, 5.74) is 0.603. The van der Waals surface area contributed by atoms with Crippen LogP contribution in [-0.2, 0) is 9.59 Å². The number of aliphatic hydroxyl groups is 1. The monoisotopic (exact) mass is 380 g/mol. The molecule has 5 nitrogen and oxygen atoms in total. The SMILES string of the molecule is O=C1C(=O)N(c2cccc(F)c2)C(c2cccs2)/C1=C(/O)c1ccncc1. The quantitative estimate of drug-likeness (QED) is 0.425. The van der Waals surface area contributed by atoms with Gasteiger partial charge in [-0.25, -0.2) is 4.39 Å². The maximum atomic E-state index is 13.7. The van der Waals surface area contributed by atoms with Crippen LogP contribution in [0.3, 0.4) is 0 Å². The van der Waals surface area contributed by atoms with Crippen LogP contribution in [0, 0.1) is 5.82 Å². The van der Waals surface area contributed by atoms with E-state index < -0.39 is 23.5 Å². The topological polar surface area (TPSA) is 70.5 Å². The standard InChI is InChI=1S/C20H13FN2O3S/c21-13-3-1-4-14(11-13)23-17(15-5-2-10-27-15)16(19(25)20(23)26)18(24)12-6-8-22-9-7-12/h1-11,17,24H/b18-16-. The van der Waals surface area contributed by atoms with E-state index in [0.29, 0.717) is 10.4 Å². The first-order valence-electron chi connectivity index (χ1n) is 8.08. The summed E-state index contributed by atoms with van der Waals surface area (Å²) in [6.45, 7) is 0. The Balaban J connectivity index is 1.94. The predicted molar refractivity (Wildman–Crippen MR) is 99.7 cm³/mol. The molecule has 1 amide bonds. The maximum Gasteiger partial charge on any atom is 0.300 e. The van der Waals surface area contributed by atoms with Crippen molar-refractivity contribution in [1.82, 2.24) is 4.98 Å². The van der Waals surface area contributed by atoms with Crippen LogP contribution in [0.2, 0.25) is 0 Å². The summed E-state index contributed by atoms with van der Waals surface area (Å²) in [5.74, 6) is -2.43. The fraction of sp³-hybridized carbons (Fsp3) is 0.0500. The average Bonchev–Trinajstić information content (AvgIpc) is 3.29. The molecule has 3 aromatic rings. The van der Waals surface area contributed by atoms with Gasteiger partial charge in [-0.1, -0.05) is 12.1 Å². The summed E-state index contributed by atoms with van der Waals surface area (Å²) < 4.78 is 13.7. The first-order valence-corrected chi connectivity index (χ1v) is 8.96. The van der Waals surface area contributed by atoms with Crippen LogP contribution in [0.4, 0.5) is 10.1 Å². The molecular formula is C20H13FN2O3S. The Morgan fingerprint density at radius 1 is 1.11 bits per heavy atom. The minimum absolute atomic E-state index is 0.0297. The first-order chi connectivity index (χ1) is 13.1. The molecule has 2 aromatic heterocycles. The number of pyridine rings is 1. The molecule has 1 unspecified atom stereocenters. The van der Waals surface area contributed by atoms with Crippen LogP contribution in [0.1, 0.15) is 16.5 Å². The highest BCUT2D eigenvalue weighted by Gasteiger charge is 2.47. The molecule has 7 heteroatoms. The molecule has 1 saturated heterocycles. The number of carbonyl (C=O) groups is 2. The van der Waals surface area contributed by atoms with Crippen LogP contribution in [0.15, 0.2) is 71.9 Å². The molecule has 0 aliphatic carbocycles. The van der Waals surface area contributed by atoms with Gasteiger partial charge >= 0.3 is 0 Å². The number of Topliss-reactive ketones (excluding diaryl/α,β-unsaturated/α-hetero) is 1. The number of hydrogen-bond donors (Lipinski definition) is 1. The van der Waals surface area contributed by atoms with Gasteiger partial charge in [0.1, 0.15) is 17.6 Å². The van der Waals surface area contributed by atoms with Gasteiger partial charge in [0.2, 0.25) is 0 Å². The highest BCUT2D eigenvalue weighted by molar-refractivity contribution is 7.10. The van der Waals surface area contributed by atoms with Crippen molar-refractivity contribution < 1.29 is 19.1 Å². The first kappa shape index (κ1) is 17.1. The molecule has 1 fully saturated rings. The van der Waals surface area contributed by atoms with Crippen LogP contribution < -0.4 is 4.90 Å². The summed E-state index contributed by atoms with van der Waals surface area (Å²) in [6.07, 6.45) is 2.97. The van der Waals surface area contributed by atoms with Gasteiger partial charge in [0.15, 0.2) is 0 Å². The summed E-state index contributed by atoms with van der Waals surface area (Å²) in [5, 5.41) is 12.6. The van der Waals surface area contributed by atoms with Gasteiger partial charge in [0, 0.05) is 28.5 Å². The van der Waals surface area contributed by atoms with Crippen molar-refractivity contribution in [2.45, 2.75) is 6.04 Å². The number of anilines is 1. The van der Waals surface area contributed by atoms with Gasteiger partial charge < -0.3 is 5.11 Å². The second kappa shape index (κ2) is 6.77. The zero-order valence-electron chi connectivity index (χ0n) is 13.9. The third-order valence-corrected chi connectivity index (χ3v) is 5.22. The van der Waals surface area contributed by atoms with E-state index >= 15 is 0 Å². The predicted octanol–water partition coefficient (Wildman–Crippen LogP) is 3.91. The Hall–Kier alpha value is -3.32. The van der Waals surface area contributed by atoms with Crippen molar-refractivity contribution in [3.63, 3.8) is 0 Å². The lowest BCUT2D eigenvalue weighted by Gasteiger charge is -2.24. The summed E-state index contributed by atoms with van der Waals surface area (Å²) in [6, 6.07) is 11.3. The molecule has 3 heterocycles. The zero-order chi connectivity index (χ0) is 19.0. The van der Waals surface area contributed by atoms with Gasteiger partial charge in [0.05, 0.1) is 5.57 Å². The van der Waals surface area contributed by atoms with Crippen molar-refractivity contribution in [2.75, 3.05) is 4.90 Å². The Morgan fingerprint density at radius 3 is 2.56 bits per heavy atom. The molecule has 1 aliphatic rings. The number of thiophene rings is 1. The summed E-state index contributed by atoms with van der Waals surface area (Å²) in [4.78, 5) is 31.4. The fourth-order valence-corrected chi connectivity index (χ4v) is 3.93. The number of benzene rings is 1. The molecule has 1 atom stereocenters. The molecule has 27 heavy (non-hydrogen) atoms. The highest BCUT2D eigenvalue weighted by atomic mass is 32.1. The van der Waals surface area contributed by atoms with Crippen LogP contribution in [-0.4, -0.2) is 21.8 Å². The lowest BCUT2D eigenvalue weighted by atomic mass is 10.0. The normalized spacial score (nSPS) is 18.9. The van der Waals surface area contributed by atoms with Crippen molar-refractivity contribution in [3.8, 4) is 0 Å². The Labute approximate surface area is 158 Å². The molecule has 0 bridgehead atoms. The summed E-state index contributed by atoms with van der Waals surface area (Å²) >= 11 is 1.35. The van der Waals surface area contributed by atoms with Gasteiger partial charge in [-0.05, 0) is 41.8 Å². The Bertz CT molecular complexity index is 1050. The molecule has 1 aromatic carbocycles. The lowest BCUT2D eigenvalue weighted by Crippen LogP contribution is -2.29. The molecule has 1 N–H and O–H groups in total. The van der Waals surface area contributed by atoms with E-state index in [-0.39, 0.29) is 17.0 Å². The molecule has 134 valence electrons. The second-order valence-electron chi connectivity index (χ2n) is 5.90. The largest absolute Gasteiger partial charge is 0.507 e. The minimum atomic E-state index is -0.833. The van der Waals surface area contributed by atoms with E-state index in [1.165, 1.54) is 46.8 Å². The van der Waals surface area contributed by atoms with E-state index in [4.69, 9.17) is 0 Å². The van der Waals surface area contributed by atoms with Crippen molar-refractivity contribution in [2.24, 2.45) is 0 Å². The fourth-order valence-electron chi connectivity index (χ4n) is 3.11. The van der Waals surface area contributed by atoms with Crippen molar-refractivity contribution in [1.29, 1.82) is 0 Å². The van der Waals surface area contributed by atoms with E-state index in [1.54, 1.807) is 30.3 Å². The highest BCUT2D eigenvalue weighted by Crippen LogP contribution is 2.43. The molecule has 0 radical (unpaired) electrons. The number of aliphatic hydroxyl groups excluding tert-OH is 1. The van der Waals surface area contributed by atoms with Gasteiger partial charge in [-0.15, -0.1) is 11.3 Å². The number of aromatic nitrogens is 1. The number of carbonyl (C=O) groups excluding carboxylic acids is 2. The van der Waals surface area contributed by atoms with E-state index in [1.807, 2.05) is 5.38 Å². The van der Waals surface area contributed by atoms with E-state index in [0.717, 1.165) is 0 Å². The average molecular weight is 380 g/mol. The van der Waals surface area contributed by atoms with Crippen molar-refractivity contribution >= 4 is 34.5 Å². The van der Waals surface area contributed by atoms with Crippen LogP contribution >= 0.6 is 11.3 Å². The van der Waals surface area contributed by atoms with Gasteiger partial charge in [-0.3, -0.25) is 19.5 Å². The van der Waals surface area contributed by atoms with Gasteiger partial charge in [-0.2, -0.15) is 0 Å². The second-order valence-corrected chi connectivity index (χ2v) is 6.88.